The van der Waals surface area contributed by atoms with E-state index >= 15 is 0 Å². The molecule has 0 N–H and O–H groups in total. The monoisotopic (exact) mass is 187 g/mol. The van der Waals surface area contributed by atoms with Crippen molar-refractivity contribution in [3.63, 3.8) is 0 Å². The Hall–Kier alpha value is -0.570. The molecule has 0 radical (unpaired) electrons. The number of carbonyl (C=O) groups is 1. The molecule has 0 aromatic heterocycles. The van der Waals surface area contributed by atoms with Gasteiger partial charge in [-0.25, -0.2) is 5.06 Å². The van der Waals surface area contributed by atoms with Crippen molar-refractivity contribution in [3.05, 3.63) is 0 Å². The summed E-state index contributed by atoms with van der Waals surface area (Å²) >= 11 is 0. The van der Waals surface area contributed by atoms with E-state index < -0.39 is 0 Å². The van der Waals surface area contributed by atoms with E-state index in [0.29, 0.717) is 11.8 Å². The molecule has 0 saturated heterocycles. The van der Waals surface area contributed by atoms with Crippen LogP contribution in [0, 0.1) is 5.41 Å². The maximum absolute atomic E-state index is 11.3. The Morgan fingerprint density at radius 3 is 2.31 bits per heavy atom. The first kappa shape index (κ1) is 12.4. The van der Waals surface area contributed by atoms with Crippen molar-refractivity contribution < 1.29 is 9.63 Å². The van der Waals surface area contributed by atoms with Crippen molar-refractivity contribution in [1.82, 2.24) is 5.06 Å². The first-order valence-electron chi connectivity index (χ1n) is 4.67. The summed E-state index contributed by atoms with van der Waals surface area (Å²) in [6, 6.07) is 0. The van der Waals surface area contributed by atoms with Gasteiger partial charge in [0, 0.05) is 13.5 Å². The summed E-state index contributed by atoms with van der Waals surface area (Å²) in [7, 11) is 3.14. The van der Waals surface area contributed by atoms with Crippen molar-refractivity contribution >= 4 is 5.91 Å². The summed E-state index contributed by atoms with van der Waals surface area (Å²) in [6.07, 6.45) is 2.56. The van der Waals surface area contributed by atoms with Crippen LogP contribution in [-0.2, 0) is 9.63 Å². The SMILES string of the molecule is CON(C)C(=O)CCCC(C)(C)C. The highest BCUT2D eigenvalue weighted by Crippen LogP contribution is 2.21. The molecule has 0 aliphatic heterocycles. The zero-order valence-corrected chi connectivity index (χ0v) is 9.39. The lowest BCUT2D eigenvalue weighted by Gasteiger charge is -2.18. The standard InChI is InChI=1S/C10H21NO2/c1-10(2,3)8-6-7-9(12)11(4)13-5/h6-8H2,1-5H3. The molecular weight excluding hydrogens is 166 g/mol. The topological polar surface area (TPSA) is 29.5 Å². The van der Waals surface area contributed by atoms with Gasteiger partial charge in [-0.15, -0.1) is 0 Å². The molecule has 3 heteroatoms. The molecule has 0 aliphatic rings. The maximum Gasteiger partial charge on any atom is 0.245 e. The highest BCUT2D eigenvalue weighted by Gasteiger charge is 2.12. The molecule has 0 saturated carbocycles. The minimum absolute atomic E-state index is 0.0479. The lowest BCUT2D eigenvalue weighted by Crippen LogP contribution is -2.25. The Morgan fingerprint density at radius 2 is 1.92 bits per heavy atom. The van der Waals surface area contributed by atoms with Gasteiger partial charge in [0.1, 0.15) is 0 Å². The molecule has 1 amide bonds. The van der Waals surface area contributed by atoms with Crippen LogP contribution >= 0.6 is 0 Å². The first-order valence-corrected chi connectivity index (χ1v) is 4.67. The van der Waals surface area contributed by atoms with E-state index in [2.05, 4.69) is 20.8 Å². The van der Waals surface area contributed by atoms with Gasteiger partial charge in [0.25, 0.3) is 0 Å². The maximum atomic E-state index is 11.3. The van der Waals surface area contributed by atoms with Crippen LogP contribution in [0.5, 0.6) is 0 Å². The van der Waals surface area contributed by atoms with E-state index in [0.717, 1.165) is 12.8 Å². The van der Waals surface area contributed by atoms with E-state index in [1.165, 1.54) is 12.2 Å². The van der Waals surface area contributed by atoms with E-state index in [1.54, 1.807) is 7.05 Å². The smallest absolute Gasteiger partial charge is 0.245 e. The first-order chi connectivity index (χ1) is 5.87. The van der Waals surface area contributed by atoms with Crippen molar-refractivity contribution in [2.45, 2.75) is 40.0 Å². The number of hydroxylamine groups is 2. The van der Waals surface area contributed by atoms with Crippen LogP contribution in [-0.4, -0.2) is 25.1 Å². The fourth-order valence-electron chi connectivity index (χ4n) is 1.03. The van der Waals surface area contributed by atoms with Crippen LogP contribution in [0.15, 0.2) is 0 Å². The van der Waals surface area contributed by atoms with Gasteiger partial charge in [-0.3, -0.25) is 9.63 Å². The fourth-order valence-corrected chi connectivity index (χ4v) is 1.03. The zero-order valence-electron chi connectivity index (χ0n) is 9.39. The summed E-state index contributed by atoms with van der Waals surface area (Å²) in [5, 5.41) is 1.28. The highest BCUT2D eigenvalue weighted by atomic mass is 16.7. The number of hydrogen-bond acceptors (Lipinski definition) is 2. The second-order valence-electron chi connectivity index (χ2n) is 4.49. The van der Waals surface area contributed by atoms with Crippen LogP contribution in [0.25, 0.3) is 0 Å². The lowest BCUT2D eigenvalue weighted by atomic mass is 9.90. The molecule has 0 heterocycles. The van der Waals surface area contributed by atoms with Crippen LogP contribution < -0.4 is 0 Å². The molecular formula is C10H21NO2. The summed E-state index contributed by atoms with van der Waals surface area (Å²) in [4.78, 5) is 16.0. The van der Waals surface area contributed by atoms with E-state index in [9.17, 15) is 4.79 Å². The van der Waals surface area contributed by atoms with Crippen molar-refractivity contribution in [1.29, 1.82) is 0 Å². The lowest BCUT2D eigenvalue weighted by molar-refractivity contribution is -0.168. The molecule has 0 rings (SSSR count). The van der Waals surface area contributed by atoms with Gasteiger partial charge in [0.15, 0.2) is 0 Å². The molecule has 0 fully saturated rings. The van der Waals surface area contributed by atoms with E-state index in [4.69, 9.17) is 4.84 Å². The number of rotatable bonds is 4. The zero-order chi connectivity index (χ0) is 10.5. The quantitative estimate of drug-likeness (QED) is 0.632. The second kappa shape index (κ2) is 5.22. The summed E-state index contributed by atoms with van der Waals surface area (Å²) in [5.74, 6) is 0.0479. The Kier molecular flexibility index (Phi) is 4.99. The van der Waals surface area contributed by atoms with Crippen molar-refractivity contribution in [2.75, 3.05) is 14.2 Å². The van der Waals surface area contributed by atoms with E-state index in [-0.39, 0.29) is 5.91 Å². The average molecular weight is 187 g/mol. The van der Waals surface area contributed by atoms with Crippen LogP contribution in [0.4, 0.5) is 0 Å². The van der Waals surface area contributed by atoms with Crippen LogP contribution in [0.3, 0.4) is 0 Å². The number of carbonyl (C=O) groups excluding carboxylic acids is 1. The molecule has 0 bridgehead atoms. The van der Waals surface area contributed by atoms with Crippen LogP contribution in [0.1, 0.15) is 40.0 Å². The molecule has 78 valence electrons. The molecule has 0 spiro atoms. The van der Waals surface area contributed by atoms with Crippen LogP contribution in [0.2, 0.25) is 0 Å². The minimum atomic E-state index is 0.0479. The Morgan fingerprint density at radius 1 is 1.38 bits per heavy atom. The Balaban J connectivity index is 3.60. The normalized spacial score (nSPS) is 11.5. The van der Waals surface area contributed by atoms with Crippen molar-refractivity contribution in [3.8, 4) is 0 Å². The molecule has 0 aliphatic carbocycles. The summed E-state index contributed by atoms with van der Waals surface area (Å²) in [6.45, 7) is 6.53. The van der Waals surface area contributed by atoms with E-state index in [1.807, 2.05) is 0 Å². The third kappa shape index (κ3) is 6.58. The predicted octanol–water partition coefficient (Wildman–Crippen LogP) is 2.22. The van der Waals surface area contributed by atoms with Gasteiger partial charge < -0.3 is 0 Å². The molecule has 0 atom stereocenters. The highest BCUT2D eigenvalue weighted by molar-refractivity contribution is 5.74. The third-order valence-corrected chi connectivity index (χ3v) is 1.94. The molecule has 13 heavy (non-hydrogen) atoms. The molecule has 3 nitrogen and oxygen atoms in total. The Labute approximate surface area is 81.0 Å². The number of amides is 1. The number of hydrogen-bond donors (Lipinski definition) is 0. The molecule has 0 aromatic carbocycles. The van der Waals surface area contributed by atoms with Gasteiger partial charge >= 0.3 is 0 Å². The van der Waals surface area contributed by atoms with Gasteiger partial charge in [0.05, 0.1) is 7.11 Å². The fraction of sp³-hybridized carbons (Fsp3) is 0.900. The summed E-state index contributed by atoms with van der Waals surface area (Å²) in [5.41, 5.74) is 0.311. The number of nitrogens with zero attached hydrogens (tertiary/aromatic N) is 1. The second-order valence-corrected chi connectivity index (χ2v) is 4.49. The van der Waals surface area contributed by atoms with Gasteiger partial charge in [0.2, 0.25) is 5.91 Å². The molecule has 0 unspecified atom stereocenters. The van der Waals surface area contributed by atoms with Gasteiger partial charge in [-0.1, -0.05) is 20.8 Å². The van der Waals surface area contributed by atoms with Gasteiger partial charge in [-0.2, -0.15) is 0 Å². The summed E-state index contributed by atoms with van der Waals surface area (Å²) < 4.78 is 0. The minimum Gasteiger partial charge on any atom is -0.275 e. The average Bonchev–Trinajstić information content (AvgIpc) is 2.00. The predicted molar refractivity (Wildman–Crippen MR) is 53.1 cm³/mol. The largest absolute Gasteiger partial charge is 0.275 e. The van der Waals surface area contributed by atoms with Crippen molar-refractivity contribution in [2.24, 2.45) is 5.41 Å². The molecule has 0 aromatic rings. The van der Waals surface area contributed by atoms with Gasteiger partial charge in [-0.05, 0) is 18.3 Å². The Bertz CT molecular complexity index is 161. The third-order valence-electron chi connectivity index (χ3n) is 1.94.